The van der Waals surface area contributed by atoms with Crippen molar-refractivity contribution in [2.75, 3.05) is 26.1 Å². The molecule has 12 heteroatoms. The molecule has 2 fully saturated rings. The number of alkyl halides is 2. The topological polar surface area (TPSA) is 102 Å². The van der Waals surface area contributed by atoms with Crippen LogP contribution in [0, 0.1) is 17.8 Å². The molecule has 2 amide bonds. The van der Waals surface area contributed by atoms with Crippen molar-refractivity contribution < 1.29 is 31.9 Å². The molecule has 3 aromatic rings. The lowest BCUT2D eigenvalue weighted by Crippen LogP contribution is -2.49. The fourth-order valence-electron chi connectivity index (χ4n) is 6.93. The van der Waals surface area contributed by atoms with Gasteiger partial charge in [0.05, 0.1) is 30.1 Å². The highest BCUT2D eigenvalue weighted by Gasteiger charge is 2.53. The maximum Gasteiger partial charge on any atom is 0.261 e. The van der Waals surface area contributed by atoms with Crippen LogP contribution in [0.5, 0.6) is 11.5 Å². The van der Waals surface area contributed by atoms with Gasteiger partial charge in [0, 0.05) is 18.8 Å². The Hall–Kier alpha value is -2.76. The van der Waals surface area contributed by atoms with Gasteiger partial charge in [0.2, 0.25) is 15.7 Å². The number of sulfone groups is 1. The fourth-order valence-corrected chi connectivity index (χ4v) is 9.05. The minimum Gasteiger partial charge on any atom is -0.496 e. The van der Waals surface area contributed by atoms with E-state index in [1.54, 1.807) is 18.0 Å². The molecule has 0 aromatic heterocycles. The molecular formula is C35H41FIN2O6PS. The van der Waals surface area contributed by atoms with Crippen LogP contribution in [-0.2, 0) is 14.6 Å². The first-order valence-electron chi connectivity index (χ1n) is 15.8. The Kier molecular flexibility index (Phi) is 10.9. The van der Waals surface area contributed by atoms with E-state index >= 15 is 0 Å². The normalized spacial score (nSPS) is 21.6. The summed E-state index contributed by atoms with van der Waals surface area (Å²) in [6, 6.07) is 16.8. The molecule has 252 valence electrons. The highest BCUT2D eigenvalue weighted by molar-refractivity contribution is 14.1. The van der Waals surface area contributed by atoms with Gasteiger partial charge in [0.25, 0.3) is 8.91 Å². The van der Waals surface area contributed by atoms with Crippen molar-refractivity contribution in [1.82, 2.24) is 4.90 Å². The summed E-state index contributed by atoms with van der Waals surface area (Å²) in [6.45, 7) is 3.75. The summed E-state index contributed by atoms with van der Waals surface area (Å²) >= 11 is 1.25. The Morgan fingerprint density at radius 3 is 2.47 bits per heavy atom. The fraction of sp³-hybridized carbons (Fsp3) is 0.429. The highest BCUT2D eigenvalue weighted by Crippen LogP contribution is 2.51. The van der Waals surface area contributed by atoms with Crippen molar-refractivity contribution in [3.05, 3.63) is 66.2 Å². The minimum atomic E-state index is -4.27. The number of unbranched alkanes of at least 4 members (excludes halogenated alkanes) is 1. The number of carbonyl (C=O) groups excluding carboxylic acids is 2. The van der Waals surface area contributed by atoms with Gasteiger partial charge in [0.1, 0.15) is 11.5 Å². The second-order valence-corrected chi connectivity index (χ2v) is 18.1. The highest BCUT2D eigenvalue weighted by atomic mass is 127. The van der Waals surface area contributed by atoms with E-state index in [1.807, 2.05) is 36.4 Å². The van der Waals surface area contributed by atoms with Crippen LogP contribution in [0.25, 0.3) is 11.1 Å². The summed E-state index contributed by atoms with van der Waals surface area (Å²) in [5.74, 6) is 0.424. The number of halogens is 2. The van der Waals surface area contributed by atoms with E-state index in [1.165, 1.54) is 47.9 Å². The first-order valence-corrected chi connectivity index (χ1v) is 18.9. The number of fused-ring (bicyclic) bond motifs is 2. The number of hydrogen-bond acceptors (Lipinski definition) is 6. The van der Waals surface area contributed by atoms with Gasteiger partial charge in [-0.25, -0.2) is 12.8 Å². The van der Waals surface area contributed by atoms with Crippen molar-refractivity contribution in [3.63, 3.8) is 0 Å². The molecule has 2 bridgehead atoms. The van der Waals surface area contributed by atoms with Crippen LogP contribution < -0.4 is 20.1 Å². The van der Waals surface area contributed by atoms with Gasteiger partial charge in [-0.3, -0.25) is 9.59 Å². The third kappa shape index (κ3) is 7.32. The van der Waals surface area contributed by atoms with E-state index in [0.717, 1.165) is 61.2 Å². The summed E-state index contributed by atoms with van der Waals surface area (Å²) in [5.41, 5.74) is 2.44. The lowest BCUT2D eigenvalue weighted by Gasteiger charge is -2.37. The standard InChI is InChI=1S/C35H41FIN2O6PS/c1-5-6-16-45-25-14-12-21(13-15-25)27-19-28(29(44-4)20-30(27)46)34(41)39(3)32-23-11-10-22(17-23)31(32)33(40)38-24-8-7-9-26(18-24)47(42,43)35(2,36)37/h7-9,12-15,18-20,22-23,31-32H,5-6,10-11,16-17,46H2,1-4H3,(H,38,40)/t22-,23+,31+,32-,35?/m1/s1. The predicted octanol–water partition coefficient (Wildman–Crippen LogP) is 7.02. The average molecular weight is 795 g/mol. The van der Waals surface area contributed by atoms with E-state index < -0.39 is 18.8 Å². The van der Waals surface area contributed by atoms with E-state index in [4.69, 9.17) is 9.47 Å². The molecule has 2 aliphatic carbocycles. The van der Waals surface area contributed by atoms with Gasteiger partial charge in [-0.2, -0.15) is 0 Å². The summed E-state index contributed by atoms with van der Waals surface area (Å²) in [5, 5.41) is 3.75. The van der Waals surface area contributed by atoms with Crippen LogP contribution in [0.1, 0.15) is 56.3 Å². The summed E-state index contributed by atoms with van der Waals surface area (Å²) < 4.78 is 48.8. The van der Waals surface area contributed by atoms with Gasteiger partial charge in [-0.1, -0.05) is 31.5 Å². The second-order valence-electron chi connectivity index (χ2n) is 12.5. The molecule has 0 heterocycles. The first-order chi connectivity index (χ1) is 22.3. The molecular weight excluding hydrogens is 753 g/mol. The van der Waals surface area contributed by atoms with E-state index in [0.29, 0.717) is 17.9 Å². The van der Waals surface area contributed by atoms with Crippen LogP contribution in [0.4, 0.5) is 10.1 Å². The largest absolute Gasteiger partial charge is 0.496 e. The number of methoxy groups -OCH3 is 1. The SMILES string of the molecule is CCCCOc1ccc(-c2cc(C(=O)N(C)[C@@H]3[C@H]4CC[C@H](C4)[C@@H]3C(=O)Nc3cccc(S(=O)(=O)C(C)(F)I)c3)c(OC)cc2P)cc1. The monoisotopic (exact) mass is 794 g/mol. The Bertz CT molecular complexity index is 1750. The molecule has 5 rings (SSSR count). The molecule has 3 aromatic carbocycles. The zero-order chi connectivity index (χ0) is 34.1. The van der Waals surface area contributed by atoms with Crippen molar-refractivity contribution >= 4 is 64.5 Å². The zero-order valence-corrected chi connectivity index (χ0v) is 31.1. The number of nitrogens with one attached hydrogen (secondary N) is 1. The van der Waals surface area contributed by atoms with Gasteiger partial charge < -0.3 is 19.7 Å². The Morgan fingerprint density at radius 1 is 1.11 bits per heavy atom. The summed E-state index contributed by atoms with van der Waals surface area (Å²) in [4.78, 5) is 29.5. The molecule has 6 atom stereocenters. The molecule has 0 saturated heterocycles. The van der Waals surface area contributed by atoms with Gasteiger partial charge in [0.15, 0.2) is 0 Å². The molecule has 0 radical (unpaired) electrons. The number of amides is 2. The molecule has 2 saturated carbocycles. The van der Waals surface area contributed by atoms with Crippen molar-refractivity contribution in [1.29, 1.82) is 0 Å². The molecule has 1 N–H and O–H groups in total. The number of benzene rings is 3. The van der Waals surface area contributed by atoms with Crippen molar-refractivity contribution in [3.8, 4) is 22.6 Å². The van der Waals surface area contributed by atoms with Gasteiger partial charge >= 0.3 is 0 Å². The smallest absolute Gasteiger partial charge is 0.261 e. The molecule has 2 aliphatic rings. The predicted molar refractivity (Wildman–Crippen MR) is 194 cm³/mol. The van der Waals surface area contributed by atoms with Crippen LogP contribution >= 0.6 is 31.8 Å². The third-order valence-electron chi connectivity index (χ3n) is 9.36. The van der Waals surface area contributed by atoms with E-state index in [9.17, 15) is 22.4 Å². The maximum atomic E-state index is 14.5. The number of rotatable bonds is 12. The number of anilines is 1. The van der Waals surface area contributed by atoms with Crippen molar-refractivity contribution in [2.24, 2.45) is 17.8 Å². The zero-order valence-electron chi connectivity index (χ0n) is 27.0. The van der Waals surface area contributed by atoms with E-state index in [2.05, 4.69) is 21.5 Å². The Morgan fingerprint density at radius 2 is 1.81 bits per heavy atom. The van der Waals surface area contributed by atoms with Gasteiger partial charge in [-0.15, -0.1) is 9.24 Å². The van der Waals surface area contributed by atoms with Crippen molar-refractivity contribution in [2.45, 2.75) is 59.9 Å². The third-order valence-corrected chi connectivity index (χ3v) is 13.4. The molecule has 8 nitrogen and oxygen atoms in total. The summed E-state index contributed by atoms with van der Waals surface area (Å²) in [6.07, 6.45) is 4.65. The Balaban J connectivity index is 1.40. The van der Waals surface area contributed by atoms with Crippen LogP contribution in [0.15, 0.2) is 65.6 Å². The van der Waals surface area contributed by atoms with Crippen LogP contribution in [0.3, 0.4) is 0 Å². The molecule has 47 heavy (non-hydrogen) atoms. The lowest BCUT2D eigenvalue weighted by molar-refractivity contribution is -0.123. The molecule has 2 unspecified atom stereocenters. The quantitative estimate of drug-likeness (QED) is 0.0917. The average Bonchev–Trinajstić information content (AvgIpc) is 3.66. The van der Waals surface area contributed by atoms with Crippen LogP contribution in [-0.4, -0.2) is 54.9 Å². The first kappa shape index (κ1) is 35.5. The van der Waals surface area contributed by atoms with Crippen LogP contribution in [0.2, 0.25) is 0 Å². The minimum absolute atomic E-state index is 0.0839. The summed E-state index contributed by atoms with van der Waals surface area (Å²) in [7, 11) is 1.72. The van der Waals surface area contributed by atoms with Gasteiger partial charge in [-0.05, 0) is 126 Å². The number of hydrogen-bond donors (Lipinski definition) is 1. The maximum absolute atomic E-state index is 14.5. The second kappa shape index (κ2) is 14.4. The molecule has 0 spiro atoms. The lowest BCUT2D eigenvalue weighted by atomic mass is 9.82. The Labute approximate surface area is 292 Å². The molecule has 0 aliphatic heterocycles. The van der Waals surface area contributed by atoms with E-state index in [-0.39, 0.29) is 40.3 Å². The number of carbonyl (C=O) groups is 2. The number of ether oxygens (including phenoxy) is 2. The number of nitrogens with zero attached hydrogens (tertiary/aromatic N) is 1.